The Balaban J connectivity index is 2.06. The van der Waals surface area contributed by atoms with Crippen molar-refractivity contribution in [3.63, 3.8) is 0 Å². The van der Waals surface area contributed by atoms with Gasteiger partial charge in [-0.2, -0.15) is 0 Å². The van der Waals surface area contributed by atoms with Crippen molar-refractivity contribution in [1.82, 2.24) is 5.32 Å². The highest BCUT2D eigenvalue weighted by Gasteiger charge is 2.18. The fraction of sp³-hybridized carbons (Fsp3) is 0.350. The van der Waals surface area contributed by atoms with Crippen LogP contribution in [0.25, 0.3) is 0 Å². The third-order valence-electron chi connectivity index (χ3n) is 4.06. The van der Waals surface area contributed by atoms with E-state index in [2.05, 4.69) is 24.5 Å². The number of nitrogens with one attached hydrogen (secondary N) is 2. The van der Waals surface area contributed by atoms with Crippen LogP contribution >= 0.6 is 0 Å². The quantitative estimate of drug-likeness (QED) is 0.770. The van der Waals surface area contributed by atoms with Crippen molar-refractivity contribution in [3.05, 3.63) is 54.1 Å². The highest BCUT2D eigenvalue weighted by molar-refractivity contribution is 5.97. The van der Waals surface area contributed by atoms with Gasteiger partial charge in [0.2, 0.25) is 0 Å². The topological polar surface area (TPSA) is 59.6 Å². The third kappa shape index (κ3) is 5.14. The molecule has 0 heterocycles. The van der Waals surface area contributed by atoms with Gasteiger partial charge in [0.15, 0.2) is 0 Å². The maximum atomic E-state index is 12.6. The zero-order chi connectivity index (χ0) is 18.2. The highest BCUT2D eigenvalue weighted by Crippen LogP contribution is 2.24. The summed E-state index contributed by atoms with van der Waals surface area (Å²) in [6, 6.07) is 15.3. The van der Waals surface area contributed by atoms with Gasteiger partial charge in [0, 0.05) is 18.3 Å². The standard InChI is InChI=1S/C20H26N2O3/c1-14(2)18(22-15-8-6-5-7-9-15)13-21-20(23)17-12-16(24-3)10-11-19(17)25-4/h5-12,14,18,22H,13H2,1-4H3,(H,21,23). The minimum atomic E-state index is -0.184. The summed E-state index contributed by atoms with van der Waals surface area (Å²) in [6.45, 7) is 4.75. The molecule has 0 aliphatic carbocycles. The molecule has 0 aromatic heterocycles. The lowest BCUT2D eigenvalue weighted by molar-refractivity contribution is 0.0947. The van der Waals surface area contributed by atoms with Gasteiger partial charge in [0.25, 0.3) is 5.91 Å². The van der Waals surface area contributed by atoms with E-state index in [1.165, 1.54) is 0 Å². The van der Waals surface area contributed by atoms with E-state index in [-0.39, 0.29) is 11.9 Å². The second kappa shape index (κ2) is 8.97. The average molecular weight is 342 g/mol. The first kappa shape index (κ1) is 18.6. The molecule has 1 amide bonds. The van der Waals surface area contributed by atoms with Crippen molar-refractivity contribution in [3.8, 4) is 11.5 Å². The fourth-order valence-electron chi connectivity index (χ4n) is 2.49. The van der Waals surface area contributed by atoms with Gasteiger partial charge in [0.05, 0.1) is 19.8 Å². The predicted octanol–water partition coefficient (Wildman–Crippen LogP) is 3.57. The zero-order valence-corrected chi connectivity index (χ0v) is 15.2. The van der Waals surface area contributed by atoms with Crippen LogP contribution in [0, 0.1) is 5.92 Å². The van der Waals surface area contributed by atoms with E-state index >= 15 is 0 Å². The summed E-state index contributed by atoms with van der Waals surface area (Å²) in [7, 11) is 3.12. The maximum Gasteiger partial charge on any atom is 0.255 e. The molecule has 0 bridgehead atoms. The summed E-state index contributed by atoms with van der Waals surface area (Å²) in [5, 5.41) is 6.46. The first-order valence-electron chi connectivity index (χ1n) is 8.37. The Morgan fingerprint density at radius 3 is 2.36 bits per heavy atom. The molecule has 0 spiro atoms. The zero-order valence-electron chi connectivity index (χ0n) is 15.2. The predicted molar refractivity (Wildman–Crippen MR) is 101 cm³/mol. The van der Waals surface area contributed by atoms with Crippen molar-refractivity contribution >= 4 is 11.6 Å². The van der Waals surface area contributed by atoms with Crippen LogP contribution in [-0.4, -0.2) is 32.7 Å². The van der Waals surface area contributed by atoms with Gasteiger partial charge in [0.1, 0.15) is 11.5 Å². The number of para-hydroxylation sites is 1. The molecule has 0 saturated heterocycles. The van der Waals surface area contributed by atoms with Crippen LogP contribution in [0.3, 0.4) is 0 Å². The molecule has 0 aliphatic rings. The van der Waals surface area contributed by atoms with Gasteiger partial charge < -0.3 is 20.1 Å². The van der Waals surface area contributed by atoms with Gasteiger partial charge >= 0.3 is 0 Å². The summed E-state index contributed by atoms with van der Waals surface area (Å²) < 4.78 is 10.5. The number of benzene rings is 2. The lowest BCUT2D eigenvalue weighted by Crippen LogP contribution is -2.39. The smallest absolute Gasteiger partial charge is 0.255 e. The molecule has 5 heteroatoms. The van der Waals surface area contributed by atoms with Crippen molar-refractivity contribution in [1.29, 1.82) is 0 Å². The molecule has 0 fully saturated rings. The van der Waals surface area contributed by atoms with Crippen LogP contribution < -0.4 is 20.1 Å². The number of methoxy groups -OCH3 is 2. The number of hydrogen-bond donors (Lipinski definition) is 2. The van der Waals surface area contributed by atoms with E-state index in [9.17, 15) is 4.79 Å². The van der Waals surface area contributed by atoms with E-state index < -0.39 is 0 Å². The number of hydrogen-bond acceptors (Lipinski definition) is 4. The average Bonchev–Trinajstić information content (AvgIpc) is 2.64. The summed E-state index contributed by atoms with van der Waals surface area (Å²) in [5.41, 5.74) is 1.50. The molecule has 2 aromatic carbocycles. The Hall–Kier alpha value is -2.69. The van der Waals surface area contributed by atoms with Crippen LogP contribution in [0.15, 0.2) is 48.5 Å². The summed E-state index contributed by atoms with van der Waals surface area (Å²) in [4.78, 5) is 12.6. The normalized spacial score (nSPS) is 11.7. The third-order valence-corrected chi connectivity index (χ3v) is 4.06. The van der Waals surface area contributed by atoms with Crippen LogP contribution in [-0.2, 0) is 0 Å². The molecule has 134 valence electrons. The van der Waals surface area contributed by atoms with Gasteiger partial charge in [-0.15, -0.1) is 0 Å². The Morgan fingerprint density at radius 2 is 1.76 bits per heavy atom. The molecular weight excluding hydrogens is 316 g/mol. The van der Waals surface area contributed by atoms with Crippen LogP contribution in [0.2, 0.25) is 0 Å². The molecular formula is C20H26N2O3. The van der Waals surface area contributed by atoms with Crippen molar-refractivity contribution < 1.29 is 14.3 Å². The van der Waals surface area contributed by atoms with Gasteiger partial charge in [-0.05, 0) is 36.2 Å². The number of carbonyl (C=O) groups excluding carboxylic acids is 1. The van der Waals surface area contributed by atoms with E-state index in [0.717, 1.165) is 5.69 Å². The van der Waals surface area contributed by atoms with Crippen LogP contribution in [0.5, 0.6) is 11.5 Å². The Bertz CT molecular complexity index is 687. The Labute approximate surface area is 149 Å². The highest BCUT2D eigenvalue weighted by atomic mass is 16.5. The maximum absolute atomic E-state index is 12.6. The van der Waals surface area contributed by atoms with E-state index in [0.29, 0.717) is 29.5 Å². The van der Waals surface area contributed by atoms with Gasteiger partial charge in [-0.1, -0.05) is 32.0 Å². The SMILES string of the molecule is COc1ccc(OC)c(C(=O)NCC(Nc2ccccc2)C(C)C)c1. The van der Waals surface area contributed by atoms with E-state index in [1.807, 2.05) is 30.3 Å². The fourth-order valence-corrected chi connectivity index (χ4v) is 2.49. The van der Waals surface area contributed by atoms with E-state index in [1.54, 1.807) is 32.4 Å². The van der Waals surface area contributed by atoms with Gasteiger partial charge in [-0.3, -0.25) is 4.79 Å². The monoisotopic (exact) mass is 342 g/mol. The first-order chi connectivity index (χ1) is 12.0. The van der Waals surface area contributed by atoms with Gasteiger partial charge in [-0.25, -0.2) is 0 Å². The lowest BCUT2D eigenvalue weighted by atomic mass is 10.0. The molecule has 1 atom stereocenters. The summed E-state index contributed by atoms with van der Waals surface area (Å²) >= 11 is 0. The number of carbonyl (C=O) groups is 1. The first-order valence-corrected chi connectivity index (χ1v) is 8.37. The number of anilines is 1. The van der Waals surface area contributed by atoms with Crippen molar-refractivity contribution in [2.24, 2.45) is 5.92 Å². The summed E-state index contributed by atoms with van der Waals surface area (Å²) in [5.74, 6) is 1.31. The van der Waals surface area contributed by atoms with E-state index in [4.69, 9.17) is 9.47 Å². The molecule has 2 aromatic rings. The molecule has 0 radical (unpaired) electrons. The largest absolute Gasteiger partial charge is 0.497 e. The minimum absolute atomic E-state index is 0.114. The van der Waals surface area contributed by atoms with Crippen molar-refractivity contribution in [2.45, 2.75) is 19.9 Å². The molecule has 2 rings (SSSR count). The van der Waals surface area contributed by atoms with Crippen molar-refractivity contribution in [2.75, 3.05) is 26.1 Å². The summed E-state index contributed by atoms with van der Waals surface area (Å²) in [6.07, 6.45) is 0. The Kier molecular flexibility index (Phi) is 6.69. The lowest BCUT2D eigenvalue weighted by Gasteiger charge is -2.24. The molecule has 25 heavy (non-hydrogen) atoms. The second-order valence-electron chi connectivity index (χ2n) is 6.14. The molecule has 1 unspecified atom stereocenters. The second-order valence-corrected chi connectivity index (χ2v) is 6.14. The molecule has 0 saturated carbocycles. The minimum Gasteiger partial charge on any atom is -0.497 e. The molecule has 2 N–H and O–H groups in total. The Morgan fingerprint density at radius 1 is 1.04 bits per heavy atom. The van der Waals surface area contributed by atoms with Crippen LogP contribution in [0.4, 0.5) is 5.69 Å². The molecule has 0 aliphatic heterocycles. The van der Waals surface area contributed by atoms with Crippen LogP contribution in [0.1, 0.15) is 24.2 Å². The molecule has 5 nitrogen and oxygen atoms in total. The number of amides is 1. The number of rotatable bonds is 8. The number of ether oxygens (including phenoxy) is 2.